The summed E-state index contributed by atoms with van der Waals surface area (Å²) in [5.41, 5.74) is 1.51. The van der Waals surface area contributed by atoms with Crippen LogP contribution in [-0.4, -0.2) is 12.3 Å². The molecule has 2 atom stereocenters. The summed E-state index contributed by atoms with van der Waals surface area (Å²) in [7, 11) is -0.948. The molecule has 4 aromatic rings. The van der Waals surface area contributed by atoms with Crippen LogP contribution in [-0.2, 0) is 9.53 Å². The van der Waals surface area contributed by atoms with Crippen molar-refractivity contribution in [1.29, 1.82) is 0 Å². The third kappa shape index (κ3) is 6.32. The van der Waals surface area contributed by atoms with Crippen LogP contribution in [0.2, 0.25) is 0 Å². The van der Waals surface area contributed by atoms with Crippen molar-refractivity contribution in [2.75, 3.05) is 0 Å². The number of hydrogen-bond acceptors (Lipinski definition) is 3. The fourth-order valence-electron chi connectivity index (χ4n) is 4.16. The highest BCUT2D eigenvalue weighted by Crippen LogP contribution is 2.35. The lowest BCUT2D eigenvalue weighted by Gasteiger charge is -2.24. The number of carbonyl (C=O) groups excluding carboxylic acids is 2. The van der Waals surface area contributed by atoms with Crippen LogP contribution in [0.1, 0.15) is 41.8 Å². The normalized spacial score (nSPS) is 12.6. The Morgan fingerprint density at radius 2 is 1.29 bits per heavy atom. The number of esters is 1. The lowest BCUT2D eigenvalue weighted by molar-refractivity contribution is -0.108. The highest BCUT2D eigenvalue weighted by Gasteiger charge is 2.26. The number of aldehydes is 1. The smallest absolute Gasteiger partial charge is 0.339 e. The van der Waals surface area contributed by atoms with Crippen molar-refractivity contribution in [3.8, 4) is 0 Å². The molecule has 0 aliphatic rings. The Hall–Kier alpha value is -3.55. The van der Waals surface area contributed by atoms with Gasteiger partial charge in [-0.2, -0.15) is 0 Å². The van der Waals surface area contributed by atoms with Crippen molar-refractivity contribution < 1.29 is 14.3 Å². The van der Waals surface area contributed by atoms with E-state index in [-0.39, 0.29) is 11.9 Å². The Bertz CT molecular complexity index is 1190. The third-order valence-corrected chi connectivity index (χ3v) is 8.43. The summed E-state index contributed by atoms with van der Waals surface area (Å²) in [6.07, 6.45) is 1.52. The number of carbonyl (C=O) groups is 2. The van der Waals surface area contributed by atoms with Gasteiger partial charge in [0.1, 0.15) is 12.4 Å². The highest BCUT2D eigenvalue weighted by molar-refractivity contribution is 7.80. The van der Waals surface area contributed by atoms with Crippen LogP contribution in [0.4, 0.5) is 0 Å². The first-order valence-electron chi connectivity index (χ1n) is 11.9. The van der Waals surface area contributed by atoms with Gasteiger partial charge in [-0.1, -0.05) is 116 Å². The Morgan fingerprint density at radius 1 is 0.771 bits per heavy atom. The number of hydrogen-bond donors (Lipinski definition) is 0. The van der Waals surface area contributed by atoms with E-state index in [1.165, 1.54) is 10.6 Å². The molecule has 0 bridgehead atoms. The molecule has 0 aliphatic carbocycles. The summed E-state index contributed by atoms with van der Waals surface area (Å²) in [6.45, 7) is 2.01. The van der Waals surface area contributed by atoms with E-state index in [1.807, 2.05) is 97.9 Å². The molecule has 35 heavy (non-hydrogen) atoms. The molecule has 0 unspecified atom stereocenters. The van der Waals surface area contributed by atoms with Gasteiger partial charge in [-0.15, -0.1) is 0 Å². The topological polar surface area (TPSA) is 43.4 Å². The summed E-state index contributed by atoms with van der Waals surface area (Å²) in [5.74, 6) is -0.237. The van der Waals surface area contributed by atoms with Crippen LogP contribution in [0.25, 0.3) is 0 Å². The van der Waals surface area contributed by atoms with Crippen molar-refractivity contribution in [2.45, 2.75) is 25.9 Å². The molecule has 0 spiro atoms. The molecule has 4 heteroatoms. The molecule has 0 amide bonds. The second kappa shape index (κ2) is 12.2. The molecule has 0 saturated carbocycles. The molecular formula is C31H29O3P. The zero-order chi connectivity index (χ0) is 24.5. The summed E-state index contributed by atoms with van der Waals surface area (Å²) >= 11 is 0. The molecule has 3 nitrogen and oxygen atoms in total. The molecule has 0 fully saturated rings. The van der Waals surface area contributed by atoms with Gasteiger partial charge in [-0.25, -0.2) is 4.79 Å². The van der Waals surface area contributed by atoms with Gasteiger partial charge >= 0.3 is 5.97 Å². The third-order valence-electron chi connectivity index (χ3n) is 5.93. The Labute approximate surface area is 208 Å². The lowest BCUT2D eigenvalue weighted by Crippen LogP contribution is -2.26. The highest BCUT2D eigenvalue weighted by atomic mass is 31.1. The predicted molar refractivity (Wildman–Crippen MR) is 144 cm³/mol. The van der Waals surface area contributed by atoms with E-state index in [1.54, 1.807) is 0 Å². The maximum atomic E-state index is 13.7. The van der Waals surface area contributed by atoms with Crippen LogP contribution in [0.5, 0.6) is 0 Å². The van der Waals surface area contributed by atoms with E-state index in [0.29, 0.717) is 18.4 Å². The van der Waals surface area contributed by atoms with Crippen LogP contribution in [0.3, 0.4) is 0 Å². The second-order valence-corrected chi connectivity index (χ2v) is 10.8. The average Bonchev–Trinajstić information content (AvgIpc) is 2.91. The standard InChI is InChI=1S/C31H29O3P/c1-24(21-22-32)23-29(25-13-5-2-6-14-25)34-31(33)28-19-11-12-20-30(28)35(26-15-7-3-8-16-26)27-17-9-4-10-18-27/h2-20,22,24,29H,21,23H2,1H3/t24-,29+/m1/s1. The minimum Gasteiger partial charge on any atom is -0.454 e. The van der Waals surface area contributed by atoms with Crippen molar-refractivity contribution in [2.24, 2.45) is 5.92 Å². The van der Waals surface area contributed by atoms with Crippen molar-refractivity contribution in [3.05, 3.63) is 126 Å². The minimum atomic E-state index is -0.948. The van der Waals surface area contributed by atoms with Gasteiger partial charge in [0.2, 0.25) is 0 Å². The van der Waals surface area contributed by atoms with E-state index in [2.05, 4.69) is 24.3 Å². The fourth-order valence-corrected chi connectivity index (χ4v) is 6.60. The van der Waals surface area contributed by atoms with Gasteiger partial charge in [0, 0.05) is 6.42 Å². The molecular weight excluding hydrogens is 451 g/mol. The summed E-state index contributed by atoms with van der Waals surface area (Å²) in [6, 6.07) is 38.2. The van der Waals surface area contributed by atoms with Gasteiger partial charge < -0.3 is 9.53 Å². The summed E-state index contributed by atoms with van der Waals surface area (Å²) in [5, 5.41) is 3.32. The molecule has 4 aromatic carbocycles. The van der Waals surface area contributed by atoms with E-state index in [0.717, 1.165) is 17.2 Å². The molecule has 0 N–H and O–H groups in total. The zero-order valence-corrected chi connectivity index (χ0v) is 20.7. The molecule has 0 heterocycles. The summed E-state index contributed by atoms with van der Waals surface area (Å²) < 4.78 is 6.16. The molecule has 176 valence electrons. The Morgan fingerprint density at radius 3 is 1.86 bits per heavy atom. The quantitative estimate of drug-likeness (QED) is 0.160. The number of ether oxygens (including phenoxy) is 1. The van der Waals surface area contributed by atoms with E-state index < -0.39 is 14.0 Å². The fraction of sp³-hybridized carbons (Fsp3) is 0.161. The molecule has 0 aromatic heterocycles. The number of rotatable bonds is 10. The lowest BCUT2D eigenvalue weighted by atomic mass is 9.96. The van der Waals surface area contributed by atoms with Gasteiger partial charge in [-0.3, -0.25) is 0 Å². The molecule has 0 saturated heterocycles. The van der Waals surface area contributed by atoms with Crippen LogP contribution in [0, 0.1) is 5.92 Å². The largest absolute Gasteiger partial charge is 0.454 e. The molecule has 4 rings (SSSR count). The first-order chi connectivity index (χ1) is 17.2. The molecule has 0 radical (unpaired) electrons. The Balaban J connectivity index is 1.71. The first-order valence-corrected chi connectivity index (χ1v) is 13.2. The van der Waals surface area contributed by atoms with Gasteiger partial charge in [0.15, 0.2) is 0 Å². The van der Waals surface area contributed by atoms with Gasteiger partial charge in [-0.05, 0) is 47.8 Å². The molecule has 0 aliphatic heterocycles. The van der Waals surface area contributed by atoms with Crippen LogP contribution >= 0.6 is 7.92 Å². The maximum absolute atomic E-state index is 13.7. The SMILES string of the molecule is C[C@H](CC=O)C[C@H](OC(=O)c1ccccc1P(c1ccccc1)c1ccccc1)c1ccccc1. The second-order valence-electron chi connectivity index (χ2n) is 8.57. The average molecular weight is 481 g/mol. The monoisotopic (exact) mass is 480 g/mol. The van der Waals surface area contributed by atoms with E-state index >= 15 is 0 Å². The van der Waals surface area contributed by atoms with Crippen LogP contribution in [0.15, 0.2) is 115 Å². The summed E-state index contributed by atoms with van der Waals surface area (Å²) in [4.78, 5) is 24.7. The zero-order valence-electron chi connectivity index (χ0n) is 19.8. The van der Waals surface area contributed by atoms with Crippen molar-refractivity contribution in [1.82, 2.24) is 0 Å². The van der Waals surface area contributed by atoms with Crippen molar-refractivity contribution in [3.63, 3.8) is 0 Å². The van der Waals surface area contributed by atoms with Crippen LogP contribution < -0.4 is 15.9 Å². The van der Waals surface area contributed by atoms with Gasteiger partial charge in [0.05, 0.1) is 5.56 Å². The number of benzene rings is 4. The maximum Gasteiger partial charge on any atom is 0.339 e. The Kier molecular flexibility index (Phi) is 8.59. The van der Waals surface area contributed by atoms with E-state index in [9.17, 15) is 9.59 Å². The first kappa shape index (κ1) is 24.6. The predicted octanol–water partition coefficient (Wildman–Crippen LogP) is 5.96. The van der Waals surface area contributed by atoms with Gasteiger partial charge in [0.25, 0.3) is 0 Å². The van der Waals surface area contributed by atoms with E-state index in [4.69, 9.17) is 4.74 Å². The van der Waals surface area contributed by atoms with Crippen molar-refractivity contribution >= 4 is 36.1 Å². The minimum absolute atomic E-state index is 0.103.